The van der Waals surface area contributed by atoms with Gasteiger partial charge in [0.15, 0.2) is 0 Å². The van der Waals surface area contributed by atoms with E-state index < -0.39 is 0 Å². The Balaban J connectivity index is 3.06. The normalized spacial score (nSPS) is 16.8. The van der Waals surface area contributed by atoms with E-state index in [1.54, 1.807) is 0 Å². The molecule has 0 aliphatic carbocycles. The van der Waals surface area contributed by atoms with Gasteiger partial charge in [-0.25, -0.2) is 0 Å². The zero-order valence-corrected chi connectivity index (χ0v) is 20.6. The summed E-state index contributed by atoms with van der Waals surface area (Å²) in [6.07, 6.45) is 0. The predicted molar refractivity (Wildman–Crippen MR) is 124 cm³/mol. The molecule has 24 heavy (non-hydrogen) atoms. The first-order chi connectivity index (χ1) is 11.2. The van der Waals surface area contributed by atoms with Crippen LogP contribution in [0, 0.1) is 0 Å². The Bertz CT molecular complexity index is 415. The van der Waals surface area contributed by atoms with Gasteiger partial charge < -0.3 is 0 Å². The van der Waals surface area contributed by atoms with Crippen LogP contribution in [0.5, 0.6) is 0 Å². The lowest BCUT2D eigenvalue weighted by atomic mass is 10.3. The molecule has 0 aromatic carbocycles. The highest BCUT2D eigenvalue weighted by atomic mass is 31.1. The van der Waals surface area contributed by atoms with Crippen LogP contribution in [-0.2, 0) is 0 Å². The highest BCUT2D eigenvalue weighted by molar-refractivity contribution is 7.58. The molecule has 0 spiro atoms. The average molecular weight is 403 g/mol. The van der Waals surface area contributed by atoms with E-state index in [9.17, 15) is 0 Å². The van der Waals surface area contributed by atoms with Crippen LogP contribution in [0.2, 0.25) is 0 Å². The molecule has 0 saturated carbocycles. The Morgan fingerprint density at radius 2 is 0.875 bits per heavy atom. The molecule has 4 unspecified atom stereocenters. The van der Waals surface area contributed by atoms with Gasteiger partial charge in [0.05, 0.1) is 11.4 Å². The van der Waals surface area contributed by atoms with Gasteiger partial charge in [0.25, 0.3) is 0 Å². The zero-order chi connectivity index (χ0) is 18.3. The van der Waals surface area contributed by atoms with Crippen LogP contribution in [0.4, 0.5) is 0 Å². The average Bonchev–Trinajstić information content (AvgIpc) is 2.44. The first-order valence-corrected chi connectivity index (χ1v) is 13.8. The molecule has 0 bridgehead atoms. The van der Waals surface area contributed by atoms with Crippen LogP contribution in [0.1, 0.15) is 77.6 Å². The lowest BCUT2D eigenvalue weighted by Gasteiger charge is -2.24. The fourth-order valence-corrected chi connectivity index (χ4v) is 11.3. The summed E-state index contributed by atoms with van der Waals surface area (Å²) in [6, 6.07) is 6.84. The van der Waals surface area contributed by atoms with E-state index in [0.29, 0.717) is 10.8 Å². The fourth-order valence-electron chi connectivity index (χ4n) is 2.56. The van der Waals surface area contributed by atoms with Crippen molar-refractivity contribution in [1.82, 2.24) is 4.98 Å². The van der Waals surface area contributed by atoms with Crippen molar-refractivity contribution in [2.75, 3.05) is 0 Å². The molecule has 0 fully saturated rings. The maximum absolute atomic E-state index is 5.21. The monoisotopic (exact) mass is 403 g/mol. The Morgan fingerprint density at radius 1 is 0.583 bits per heavy atom. The molecule has 138 valence electrons. The molecular formula is C19H37NP4. The summed E-state index contributed by atoms with van der Waals surface area (Å²) < 4.78 is 0. The van der Waals surface area contributed by atoms with Gasteiger partial charge in [-0.3, -0.25) is 4.98 Å². The van der Waals surface area contributed by atoms with Gasteiger partial charge in [-0.1, -0.05) is 61.5 Å². The highest BCUT2D eigenvalue weighted by Crippen LogP contribution is 2.54. The Labute approximate surface area is 157 Å². The molecular weight excluding hydrogens is 366 g/mol. The molecule has 0 aliphatic heterocycles. The molecule has 5 heteroatoms. The highest BCUT2D eigenvalue weighted by Gasteiger charge is 2.20. The van der Waals surface area contributed by atoms with Crippen LogP contribution >= 0.6 is 34.3 Å². The quantitative estimate of drug-likeness (QED) is 0.370. The van der Waals surface area contributed by atoms with Crippen LogP contribution in [0.3, 0.4) is 0 Å². The minimum atomic E-state index is 0.662. The number of nitrogens with zero attached hydrogens (tertiary/aromatic N) is 1. The van der Waals surface area contributed by atoms with E-state index in [1.165, 1.54) is 11.4 Å². The van der Waals surface area contributed by atoms with Gasteiger partial charge >= 0.3 is 0 Å². The third-order valence-corrected chi connectivity index (χ3v) is 10.6. The van der Waals surface area contributed by atoms with Gasteiger partial charge in [-0.05, 0) is 34.8 Å². The van der Waals surface area contributed by atoms with E-state index in [-0.39, 0.29) is 0 Å². The summed E-state index contributed by atoms with van der Waals surface area (Å²) in [6.45, 7) is 18.8. The summed E-state index contributed by atoms with van der Waals surface area (Å²) in [4.78, 5) is 5.21. The van der Waals surface area contributed by atoms with Crippen molar-refractivity contribution in [3.63, 3.8) is 0 Å². The fraction of sp³-hybridized carbons (Fsp3) is 0.737. The second-order valence-corrected chi connectivity index (χ2v) is 17.1. The predicted octanol–water partition coefficient (Wildman–Crippen LogP) is 7.43. The lowest BCUT2D eigenvalue weighted by Crippen LogP contribution is -2.03. The van der Waals surface area contributed by atoms with Gasteiger partial charge in [0, 0.05) is 10.8 Å². The van der Waals surface area contributed by atoms with Crippen molar-refractivity contribution in [3.05, 3.63) is 29.6 Å². The molecule has 1 heterocycles. The van der Waals surface area contributed by atoms with Gasteiger partial charge in [-0.15, -0.1) is 34.3 Å². The first kappa shape index (κ1) is 22.9. The van der Waals surface area contributed by atoms with Crippen molar-refractivity contribution >= 4 is 34.3 Å². The van der Waals surface area contributed by atoms with Crippen molar-refractivity contribution in [1.29, 1.82) is 0 Å². The molecule has 0 radical (unpaired) electrons. The van der Waals surface area contributed by atoms with E-state index >= 15 is 0 Å². The van der Waals surface area contributed by atoms with E-state index in [4.69, 9.17) is 4.98 Å². The van der Waals surface area contributed by atoms with Crippen LogP contribution < -0.4 is 0 Å². The Morgan fingerprint density at radius 3 is 1.12 bits per heavy atom. The molecule has 1 nitrogen and oxygen atoms in total. The molecule has 0 saturated heterocycles. The molecule has 1 aromatic rings. The van der Waals surface area contributed by atoms with Gasteiger partial charge in [0.2, 0.25) is 0 Å². The summed E-state index contributed by atoms with van der Waals surface area (Å²) in [7, 11) is 3.95. The van der Waals surface area contributed by atoms with E-state index in [0.717, 1.165) is 57.0 Å². The maximum atomic E-state index is 5.21. The number of hydrogen-bond acceptors (Lipinski definition) is 1. The number of rotatable bonds is 10. The van der Waals surface area contributed by atoms with Crippen molar-refractivity contribution in [2.24, 2.45) is 0 Å². The number of hydrogen-bond donors (Lipinski definition) is 0. The van der Waals surface area contributed by atoms with Gasteiger partial charge in [-0.2, -0.15) is 0 Å². The second-order valence-electron chi connectivity index (χ2n) is 7.64. The lowest BCUT2D eigenvalue weighted by molar-refractivity contribution is 1.01. The van der Waals surface area contributed by atoms with Crippen LogP contribution in [-0.4, -0.2) is 27.6 Å². The SMILES string of the molecule is CC(C)PC(PC(C)C)c1cccc(C(PC(C)C)PC(C)C)n1. The topological polar surface area (TPSA) is 12.9 Å². The van der Waals surface area contributed by atoms with Crippen molar-refractivity contribution in [2.45, 2.75) is 88.8 Å². The van der Waals surface area contributed by atoms with Crippen molar-refractivity contribution in [3.8, 4) is 0 Å². The first-order valence-electron chi connectivity index (χ1n) is 9.20. The Kier molecular flexibility index (Phi) is 11.0. The maximum Gasteiger partial charge on any atom is 0.0518 e. The van der Waals surface area contributed by atoms with E-state index in [1.807, 2.05) is 0 Å². The number of pyridine rings is 1. The molecule has 0 amide bonds. The van der Waals surface area contributed by atoms with Crippen molar-refractivity contribution < 1.29 is 0 Å². The van der Waals surface area contributed by atoms with Crippen LogP contribution in [0.15, 0.2) is 18.2 Å². The molecule has 4 atom stereocenters. The standard InChI is InChI=1S/C19H37NP4/c1-12(2)21-18(22-13(3)4)16-10-9-11-17(20-16)19(23-14(5)6)24-15(7)8/h9-15,18-19,21-24H,1-8H3. The molecule has 1 rings (SSSR count). The van der Waals surface area contributed by atoms with Gasteiger partial charge in [0.1, 0.15) is 0 Å². The third kappa shape index (κ3) is 9.00. The summed E-state index contributed by atoms with van der Waals surface area (Å²) >= 11 is 0. The zero-order valence-electron chi connectivity index (χ0n) is 16.6. The minimum absolute atomic E-state index is 0.662. The molecule has 0 N–H and O–H groups in total. The largest absolute Gasteiger partial charge is 0.256 e. The molecule has 0 aliphatic rings. The second kappa shape index (κ2) is 11.6. The Hall–Kier alpha value is 0.870. The van der Waals surface area contributed by atoms with E-state index in [2.05, 4.69) is 73.6 Å². The minimum Gasteiger partial charge on any atom is -0.256 e. The smallest absolute Gasteiger partial charge is 0.0518 e. The third-order valence-electron chi connectivity index (χ3n) is 3.38. The summed E-state index contributed by atoms with van der Waals surface area (Å²) in [5, 5.41) is 1.32. The van der Waals surface area contributed by atoms with Crippen LogP contribution in [0.25, 0.3) is 0 Å². The summed E-state index contributed by atoms with van der Waals surface area (Å²) in [5.74, 6) is 0. The summed E-state index contributed by atoms with van der Waals surface area (Å²) in [5.41, 5.74) is 5.77. The number of aromatic nitrogens is 1. The molecule has 1 aromatic heterocycles.